The van der Waals surface area contributed by atoms with Gasteiger partial charge in [0.05, 0.1) is 23.0 Å². The maximum atomic E-state index is 13.9. The van der Waals surface area contributed by atoms with E-state index in [1.165, 1.54) is 12.3 Å². The summed E-state index contributed by atoms with van der Waals surface area (Å²) in [6.07, 6.45) is -6.18. The number of fused-ring (bicyclic) bond motifs is 1. The predicted molar refractivity (Wildman–Crippen MR) is 132 cm³/mol. The number of rotatable bonds is 9. The second-order valence-electron chi connectivity index (χ2n) is 8.28. The van der Waals surface area contributed by atoms with Crippen LogP contribution in [-0.4, -0.2) is 61.2 Å². The van der Waals surface area contributed by atoms with Gasteiger partial charge in [-0.15, -0.1) is 10.2 Å². The molecular weight excluding hydrogens is 528 g/mol. The Morgan fingerprint density at radius 2 is 1.62 bits per heavy atom. The first kappa shape index (κ1) is 27.9. The van der Waals surface area contributed by atoms with E-state index in [1.54, 1.807) is 0 Å². The Labute approximate surface area is 218 Å². The number of hydrogen-bond donors (Lipinski definition) is 2. The van der Waals surface area contributed by atoms with E-state index in [2.05, 4.69) is 45.7 Å². The number of anilines is 3. The number of nitrogens with one attached hydrogen (secondary N) is 2. The van der Waals surface area contributed by atoms with Gasteiger partial charge in [-0.05, 0) is 37.4 Å². The quantitative estimate of drug-likeness (QED) is 0.264. The molecule has 2 N–H and O–H groups in total. The molecule has 4 aromatic rings. The first-order valence-corrected chi connectivity index (χ1v) is 11.8. The summed E-state index contributed by atoms with van der Waals surface area (Å²) in [7, 11) is 0. The molecule has 0 unspecified atom stereocenters. The van der Waals surface area contributed by atoms with Crippen LogP contribution in [0.5, 0.6) is 0 Å². The summed E-state index contributed by atoms with van der Waals surface area (Å²) in [4.78, 5) is 18.3. The fourth-order valence-electron chi connectivity index (χ4n) is 3.67. The van der Waals surface area contributed by atoms with E-state index in [-0.39, 0.29) is 28.5 Å². The van der Waals surface area contributed by atoms with E-state index in [0.717, 1.165) is 37.5 Å². The molecule has 0 aliphatic heterocycles. The fraction of sp³-hybridized carbons (Fsp3) is 0.333. The molecule has 206 valence electrons. The van der Waals surface area contributed by atoms with Crippen molar-refractivity contribution in [3.63, 3.8) is 0 Å². The van der Waals surface area contributed by atoms with Gasteiger partial charge in [0.1, 0.15) is 28.5 Å². The summed E-state index contributed by atoms with van der Waals surface area (Å²) in [6, 6.07) is 4.36. The number of hydrogen-bond acceptors (Lipinski definition) is 9. The van der Waals surface area contributed by atoms with Crippen molar-refractivity contribution in [3.8, 4) is 11.4 Å². The molecule has 0 aliphatic carbocycles. The first-order valence-electron chi connectivity index (χ1n) is 11.8. The van der Waals surface area contributed by atoms with E-state index in [4.69, 9.17) is 0 Å². The summed E-state index contributed by atoms with van der Waals surface area (Å²) < 4.78 is 80.2. The van der Waals surface area contributed by atoms with Gasteiger partial charge in [0.2, 0.25) is 0 Å². The lowest BCUT2D eigenvalue weighted by molar-refractivity contribution is -0.138. The third-order valence-corrected chi connectivity index (χ3v) is 5.77. The van der Waals surface area contributed by atoms with Crippen molar-refractivity contribution in [2.24, 2.45) is 0 Å². The van der Waals surface area contributed by atoms with E-state index in [0.29, 0.717) is 25.0 Å². The van der Waals surface area contributed by atoms with Crippen molar-refractivity contribution in [2.75, 3.05) is 36.8 Å². The summed E-state index contributed by atoms with van der Waals surface area (Å²) in [5, 5.41) is 13.4. The molecule has 0 aromatic carbocycles. The molecule has 0 radical (unpaired) electrons. The van der Waals surface area contributed by atoms with Crippen molar-refractivity contribution in [1.29, 1.82) is 0 Å². The molecule has 0 bridgehead atoms. The molecule has 0 fully saturated rings. The molecule has 0 aliphatic rings. The van der Waals surface area contributed by atoms with Crippen molar-refractivity contribution in [1.82, 2.24) is 35.0 Å². The van der Waals surface area contributed by atoms with Crippen LogP contribution < -0.4 is 10.6 Å². The van der Waals surface area contributed by atoms with Crippen molar-refractivity contribution in [3.05, 3.63) is 54.0 Å². The molecule has 39 heavy (non-hydrogen) atoms. The largest absolute Gasteiger partial charge is 0.418 e. The van der Waals surface area contributed by atoms with Crippen LogP contribution in [-0.2, 0) is 12.4 Å². The zero-order chi connectivity index (χ0) is 28.2. The van der Waals surface area contributed by atoms with Crippen LogP contribution in [0.3, 0.4) is 0 Å². The van der Waals surface area contributed by atoms with Crippen LogP contribution in [0.25, 0.3) is 22.6 Å². The van der Waals surface area contributed by atoms with E-state index in [1.807, 2.05) is 13.8 Å². The number of halogens is 6. The van der Waals surface area contributed by atoms with Crippen LogP contribution in [0.2, 0.25) is 0 Å². The third-order valence-electron chi connectivity index (χ3n) is 5.77. The molecule has 15 heteroatoms. The monoisotopic (exact) mass is 551 g/mol. The van der Waals surface area contributed by atoms with Gasteiger partial charge in [0.25, 0.3) is 0 Å². The van der Waals surface area contributed by atoms with Gasteiger partial charge < -0.3 is 15.5 Å². The molecule has 4 rings (SSSR count). The van der Waals surface area contributed by atoms with Gasteiger partial charge in [0, 0.05) is 25.5 Å². The highest BCUT2D eigenvalue weighted by Gasteiger charge is 2.36. The van der Waals surface area contributed by atoms with E-state index in [9.17, 15) is 26.3 Å². The number of pyridine rings is 2. The molecule has 0 saturated heterocycles. The Hall–Kier alpha value is -4.14. The second kappa shape index (κ2) is 11.3. The minimum Gasteiger partial charge on any atom is -0.367 e. The molecule has 0 spiro atoms. The Kier molecular flexibility index (Phi) is 8.09. The normalized spacial score (nSPS) is 12.2. The molecule has 4 heterocycles. The van der Waals surface area contributed by atoms with Crippen molar-refractivity contribution >= 4 is 28.5 Å². The smallest absolute Gasteiger partial charge is 0.367 e. The fourth-order valence-corrected chi connectivity index (χ4v) is 3.67. The summed E-state index contributed by atoms with van der Waals surface area (Å²) in [6.45, 7) is 6.61. The van der Waals surface area contributed by atoms with Crippen LogP contribution in [0.15, 0.2) is 42.9 Å². The lowest BCUT2D eigenvalue weighted by atomic mass is 10.1. The Balaban J connectivity index is 1.61. The highest BCUT2D eigenvalue weighted by molar-refractivity contribution is 5.87. The Morgan fingerprint density at radius 3 is 2.26 bits per heavy atom. The summed E-state index contributed by atoms with van der Waals surface area (Å²) in [5.41, 5.74) is -2.23. The average Bonchev–Trinajstić information content (AvgIpc) is 2.90. The van der Waals surface area contributed by atoms with Crippen molar-refractivity contribution < 1.29 is 26.3 Å². The zero-order valence-electron chi connectivity index (χ0n) is 20.8. The van der Waals surface area contributed by atoms with Crippen molar-refractivity contribution in [2.45, 2.75) is 26.2 Å². The zero-order valence-corrected chi connectivity index (χ0v) is 20.8. The topological polar surface area (TPSA) is 105 Å². The van der Waals surface area contributed by atoms with Gasteiger partial charge in [-0.2, -0.15) is 26.3 Å². The maximum Gasteiger partial charge on any atom is 0.418 e. The lowest BCUT2D eigenvalue weighted by Gasteiger charge is -2.18. The highest BCUT2D eigenvalue weighted by atomic mass is 19.4. The standard InChI is InChI=1S/C24H23F6N9/c1-3-39(4-2)10-9-31-19-11-15(24(28,29)30)20(38-37-19)17-13-34-21-16(7-8-32-22(21)36-17)35-18-6-5-14(12-33-18)23(25,26)27/h5-8,11-13H,3-4,9-10H2,1-2H3,(H,31,37)(H,32,33,35,36). The Bertz CT molecular complexity index is 1420. The highest BCUT2D eigenvalue weighted by Crippen LogP contribution is 2.36. The number of likely N-dealkylation sites (N-methyl/N-ethyl adjacent to an activating group) is 1. The second-order valence-corrected chi connectivity index (χ2v) is 8.28. The lowest BCUT2D eigenvalue weighted by Crippen LogP contribution is -2.29. The predicted octanol–water partition coefficient (Wildman–Crippen LogP) is 5.41. The number of nitrogens with zero attached hydrogens (tertiary/aromatic N) is 7. The first-order chi connectivity index (χ1) is 18.5. The average molecular weight is 551 g/mol. The van der Waals surface area contributed by atoms with Crippen LogP contribution in [0.1, 0.15) is 25.0 Å². The third kappa shape index (κ3) is 6.66. The van der Waals surface area contributed by atoms with Gasteiger partial charge in [-0.1, -0.05) is 13.8 Å². The number of aromatic nitrogens is 6. The summed E-state index contributed by atoms with van der Waals surface area (Å²) in [5.74, 6) is 0.0660. The molecule has 0 saturated carbocycles. The Morgan fingerprint density at radius 1 is 0.846 bits per heavy atom. The molecular formula is C24H23F6N9. The maximum absolute atomic E-state index is 13.9. The van der Waals surface area contributed by atoms with Crippen LogP contribution in [0, 0.1) is 0 Å². The van der Waals surface area contributed by atoms with Crippen LogP contribution >= 0.6 is 0 Å². The van der Waals surface area contributed by atoms with Gasteiger partial charge >= 0.3 is 12.4 Å². The molecule has 4 aromatic heterocycles. The van der Waals surface area contributed by atoms with Crippen LogP contribution in [0.4, 0.5) is 43.7 Å². The molecule has 9 nitrogen and oxygen atoms in total. The molecule has 0 amide bonds. The minimum atomic E-state index is -4.75. The SMILES string of the molecule is CCN(CC)CCNc1cc(C(F)(F)F)c(-c2cnc3c(Nc4ccc(C(F)(F)F)cn4)ccnc3n2)nn1. The summed E-state index contributed by atoms with van der Waals surface area (Å²) >= 11 is 0. The van der Waals surface area contributed by atoms with Gasteiger partial charge in [-0.25, -0.2) is 19.9 Å². The minimum absolute atomic E-state index is 0.0132. The molecule has 0 atom stereocenters. The van der Waals surface area contributed by atoms with E-state index < -0.39 is 29.2 Å². The van der Waals surface area contributed by atoms with E-state index >= 15 is 0 Å². The van der Waals surface area contributed by atoms with Gasteiger partial charge in [0.15, 0.2) is 5.65 Å². The number of alkyl halides is 6. The van der Waals surface area contributed by atoms with Gasteiger partial charge in [-0.3, -0.25) is 0 Å².